The number of hydrogen-bond acceptors (Lipinski definition) is 9. The highest BCUT2D eigenvalue weighted by Crippen LogP contribution is 2.21. The number of carboxylic acid groups (broad SMARTS) is 1. The molecule has 0 spiro atoms. The number of fused-ring (bicyclic) bond motifs is 2. The molecule has 2 bridgehead atoms. The van der Waals surface area contributed by atoms with Crippen molar-refractivity contribution in [1.82, 2.24) is 45.9 Å². The third-order valence-corrected chi connectivity index (χ3v) is 9.43. The minimum absolute atomic E-state index is 0.115. The highest BCUT2D eigenvalue weighted by Gasteiger charge is 2.28. The van der Waals surface area contributed by atoms with Crippen molar-refractivity contribution in [2.45, 2.75) is 78.4 Å². The lowest BCUT2D eigenvalue weighted by Gasteiger charge is -2.25. The summed E-state index contributed by atoms with van der Waals surface area (Å²) in [7, 11) is 0. The second-order valence-electron chi connectivity index (χ2n) is 13.9. The summed E-state index contributed by atoms with van der Waals surface area (Å²) < 4.78 is 7.26. The number of aryl methyl sites for hydroxylation is 3. The molecule has 2 atom stereocenters. The Labute approximate surface area is 328 Å². The number of nitrogens with one attached hydrogen (secondary N) is 5. The molecule has 1 aliphatic heterocycles. The van der Waals surface area contributed by atoms with E-state index < -0.39 is 29.9 Å². The topological polar surface area (TPSA) is 234 Å². The Hall–Kier alpha value is -6.52. The number of para-hydroxylation sites is 1. The van der Waals surface area contributed by atoms with Gasteiger partial charge in [-0.25, -0.2) is 4.98 Å². The maximum atomic E-state index is 13.7. The van der Waals surface area contributed by atoms with Crippen LogP contribution in [0.1, 0.15) is 66.3 Å². The average molecular weight is 784 g/mol. The highest BCUT2D eigenvalue weighted by molar-refractivity contribution is 5.97. The van der Waals surface area contributed by atoms with E-state index in [1.54, 1.807) is 38.1 Å². The van der Waals surface area contributed by atoms with Crippen molar-refractivity contribution in [2.75, 3.05) is 26.2 Å². The lowest BCUT2D eigenvalue weighted by atomic mass is 10.0. The molecule has 2 aromatic carbocycles. The fourth-order valence-electron chi connectivity index (χ4n) is 6.63. The number of carbonyl (C=O) groups is 6. The molecule has 4 heterocycles. The van der Waals surface area contributed by atoms with Gasteiger partial charge in [-0.3, -0.25) is 28.8 Å². The number of hydrogen-bond donors (Lipinski definition) is 6. The number of carboxylic acids is 1. The number of nitrogens with zero attached hydrogens (tertiary/aromatic N) is 4. The normalized spacial score (nSPS) is 17.7. The Kier molecular flexibility index (Phi) is 14.2. The van der Waals surface area contributed by atoms with E-state index in [1.165, 1.54) is 4.90 Å². The van der Waals surface area contributed by atoms with Crippen molar-refractivity contribution in [3.63, 3.8) is 0 Å². The molecule has 0 fully saturated rings. The van der Waals surface area contributed by atoms with Crippen molar-refractivity contribution < 1.29 is 38.4 Å². The van der Waals surface area contributed by atoms with Gasteiger partial charge < -0.3 is 45.3 Å². The van der Waals surface area contributed by atoms with E-state index in [-0.39, 0.29) is 56.6 Å². The van der Waals surface area contributed by atoms with Crippen LogP contribution in [0.25, 0.3) is 21.9 Å². The van der Waals surface area contributed by atoms with Crippen LogP contribution in [0.3, 0.4) is 0 Å². The highest BCUT2D eigenvalue weighted by atomic mass is 16.5. The van der Waals surface area contributed by atoms with Gasteiger partial charge in [0.15, 0.2) is 0 Å². The zero-order chi connectivity index (χ0) is 41.1. The summed E-state index contributed by atoms with van der Waals surface area (Å²) in [6.45, 7) is 7.41. The molecule has 1 aliphatic rings. The number of rotatable bonds is 5. The Balaban J connectivity index is 0.00000148. The Morgan fingerprint density at radius 3 is 2.40 bits per heavy atom. The van der Waals surface area contributed by atoms with E-state index in [0.29, 0.717) is 42.9 Å². The SMILES string of the molecule is CC(=O)O.CC[C@@H]1NC(=O)CN(C(=O)Cc2cc(C)no2)CCCNC(=O)c2ccc3nc(C)n(c3c2)CCCNC(=O)[C@@H](Cc2c[nH]c3ccccc23)NC1=O. The molecule has 17 heteroatoms. The Morgan fingerprint density at radius 1 is 0.930 bits per heavy atom. The van der Waals surface area contributed by atoms with Gasteiger partial charge in [0.05, 0.1) is 29.7 Å². The number of imidazole rings is 1. The molecule has 57 heavy (non-hydrogen) atoms. The Morgan fingerprint density at radius 2 is 1.67 bits per heavy atom. The zero-order valence-corrected chi connectivity index (χ0v) is 32.5. The summed E-state index contributed by atoms with van der Waals surface area (Å²) in [4.78, 5) is 85.7. The molecule has 0 aliphatic carbocycles. The van der Waals surface area contributed by atoms with Gasteiger partial charge in [0, 0.05) is 68.3 Å². The maximum Gasteiger partial charge on any atom is 0.300 e. The largest absolute Gasteiger partial charge is 0.481 e. The van der Waals surface area contributed by atoms with Crippen molar-refractivity contribution in [3.05, 3.63) is 83.1 Å². The van der Waals surface area contributed by atoms with E-state index >= 15 is 0 Å². The molecule has 5 aromatic rings. The minimum atomic E-state index is -0.965. The predicted octanol–water partition coefficient (Wildman–Crippen LogP) is 2.55. The van der Waals surface area contributed by atoms with Gasteiger partial charge in [0.1, 0.15) is 23.7 Å². The van der Waals surface area contributed by atoms with Crippen LogP contribution in [-0.2, 0) is 43.4 Å². The summed E-state index contributed by atoms with van der Waals surface area (Å²) in [5.74, 6) is -1.78. The number of carbonyl (C=O) groups excluding carboxylic acids is 5. The van der Waals surface area contributed by atoms with Gasteiger partial charge in [0.25, 0.3) is 11.9 Å². The quantitative estimate of drug-likeness (QED) is 0.152. The van der Waals surface area contributed by atoms with Gasteiger partial charge in [-0.15, -0.1) is 0 Å². The summed E-state index contributed by atoms with van der Waals surface area (Å²) in [5.41, 5.74) is 4.39. The van der Waals surface area contributed by atoms with Crippen molar-refractivity contribution >= 4 is 57.4 Å². The molecule has 3 aromatic heterocycles. The standard InChI is InChI=1S/C38H45N9O6.C2H4O2/c1-4-29-38(52)44-32(18-26-21-41-30-10-6-5-9-28(26)30)37(51)40-14-8-16-47-24(3)42-31-12-11-25(19-33(31)47)36(50)39-13-7-15-46(22-34(48)43-29)35(49)20-27-17-23(2)45-53-27;1-2(3)4/h5-6,9-12,17,19,21,29,32,41H,4,7-8,13-16,18,20,22H2,1-3H3,(H,39,50)(H,40,51)(H,43,48)(H,44,52);1H3,(H,3,4)/t29-,32+;/m0./s1. The number of benzene rings is 2. The average Bonchev–Trinajstić information content (AvgIpc) is 3.87. The van der Waals surface area contributed by atoms with Crippen LogP contribution in [0.2, 0.25) is 0 Å². The van der Waals surface area contributed by atoms with Gasteiger partial charge in [-0.2, -0.15) is 0 Å². The molecule has 6 N–H and O–H groups in total. The number of aliphatic carboxylic acids is 1. The monoisotopic (exact) mass is 783 g/mol. The third kappa shape index (κ3) is 11.3. The van der Waals surface area contributed by atoms with E-state index in [1.807, 2.05) is 42.0 Å². The first-order valence-corrected chi connectivity index (χ1v) is 18.9. The fraction of sp³-hybridized carbons (Fsp3) is 0.400. The van der Waals surface area contributed by atoms with Crippen LogP contribution in [0, 0.1) is 13.8 Å². The smallest absolute Gasteiger partial charge is 0.300 e. The number of amides is 5. The first kappa shape index (κ1) is 41.6. The third-order valence-electron chi connectivity index (χ3n) is 9.43. The molecular weight excluding hydrogens is 734 g/mol. The summed E-state index contributed by atoms with van der Waals surface area (Å²) in [6.07, 6.45) is 3.11. The van der Waals surface area contributed by atoms with Crippen molar-refractivity contribution in [2.24, 2.45) is 0 Å². The number of H-pyrrole nitrogens is 1. The van der Waals surface area contributed by atoms with E-state index in [4.69, 9.17) is 14.4 Å². The lowest BCUT2D eigenvalue weighted by Crippen LogP contribution is -2.55. The van der Waals surface area contributed by atoms with Crippen LogP contribution in [0.4, 0.5) is 0 Å². The number of aromatic nitrogens is 4. The van der Waals surface area contributed by atoms with Crippen LogP contribution in [0.15, 0.2) is 59.3 Å². The first-order chi connectivity index (χ1) is 27.3. The van der Waals surface area contributed by atoms with Crippen molar-refractivity contribution in [1.29, 1.82) is 0 Å². The minimum Gasteiger partial charge on any atom is -0.481 e. The van der Waals surface area contributed by atoms with Crippen molar-refractivity contribution in [3.8, 4) is 0 Å². The second-order valence-corrected chi connectivity index (χ2v) is 13.9. The fourth-order valence-corrected chi connectivity index (χ4v) is 6.63. The maximum absolute atomic E-state index is 13.7. The van der Waals surface area contributed by atoms with E-state index in [0.717, 1.165) is 40.2 Å². The molecule has 0 saturated carbocycles. The zero-order valence-electron chi connectivity index (χ0n) is 32.5. The predicted molar refractivity (Wildman–Crippen MR) is 210 cm³/mol. The molecule has 0 saturated heterocycles. The van der Waals surface area contributed by atoms with Crippen LogP contribution in [0.5, 0.6) is 0 Å². The summed E-state index contributed by atoms with van der Waals surface area (Å²) in [5, 5.41) is 23.7. The molecule has 0 radical (unpaired) electrons. The lowest BCUT2D eigenvalue weighted by molar-refractivity contribution is -0.137. The van der Waals surface area contributed by atoms with E-state index in [9.17, 15) is 24.0 Å². The first-order valence-electron chi connectivity index (χ1n) is 18.9. The molecule has 302 valence electrons. The Bertz CT molecular complexity index is 2240. The van der Waals surface area contributed by atoms with Gasteiger partial charge in [-0.1, -0.05) is 30.3 Å². The van der Waals surface area contributed by atoms with Crippen LogP contribution >= 0.6 is 0 Å². The molecule has 0 unspecified atom stereocenters. The second kappa shape index (κ2) is 19.4. The molecule has 5 amide bonds. The molecule has 17 nitrogen and oxygen atoms in total. The van der Waals surface area contributed by atoms with Crippen LogP contribution < -0.4 is 21.3 Å². The van der Waals surface area contributed by atoms with Gasteiger partial charge in [0.2, 0.25) is 23.6 Å². The van der Waals surface area contributed by atoms with Crippen LogP contribution in [-0.4, -0.2) is 103 Å². The number of aromatic amines is 1. The van der Waals surface area contributed by atoms with Gasteiger partial charge in [-0.05, 0) is 62.9 Å². The van der Waals surface area contributed by atoms with Gasteiger partial charge >= 0.3 is 0 Å². The van der Waals surface area contributed by atoms with E-state index in [2.05, 4.69) is 36.4 Å². The summed E-state index contributed by atoms with van der Waals surface area (Å²) in [6, 6.07) is 12.8. The summed E-state index contributed by atoms with van der Waals surface area (Å²) >= 11 is 0. The molecule has 6 rings (SSSR count). The molecular formula is C40H49N9O8.